The zero-order valence-corrected chi connectivity index (χ0v) is 16.0. The molecule has 0 bridgehead atoms. The second kappa shape index (κ2) is 9.20. The van der Waals surface area contributed by atoms with Crippen LogP contribution < -0.4 is 15.7 Å². The third-order valence-electron chi connectivity index (χ3n) is 4.34. The molecule has 0 spiro atoms. The van der Waals surface area contributed by atoms with Crippen LogP contribution in [0.15, 0.2) is 58.5 Å². The lowest BCUT2D eigenvalue weighted by Crippen LogP contribution is -2.28. The molecule has 3 aromatic rings. The number of carbonyl (C=O) groups is 1. The number of aromatic carboxylic acids is 1. The number of benzene rings is 1. The number of ether oxygens (including phenoxy) is 2. The first-order valence-electron chi connectivity index (χ1n) is 9.29. The van der Waals surface area contributed by atoms with Crippen molar-refractivity contribution in [3.63, 3.8) is 0 Å². The Balaban J connectivity index is 2.06. The molecular formula is C21H22N2O6. The van der Waals surface area contributed by atoms with E-state index >= 15 is 0 Å². The SMILES string of the molecule is CCCOCCn1ccn2cc(C(=O)O)c(=O)c(OCc3ccccc3)c2c1=O. The molecule has 0 radical (unpaired) electrons. The van der Waals surface area contributed by atoms with Crippen LogP contribution in [-0.2, 0) is 17.9 Å². The number of nitrogens with zero attached hydrogens (tertiary/aromatic N) is 2. The number of rotatable bonds is 9. The van der Waals surface area contributed by atoms with Crippen molar-refractivity contribution in [1.82, 2.24) is 8.97 Å². The van der Waals surface area contributed by atoms with E-state index in [9.17, 15) is 19.5 Å². The zero-order chi connectivity index (χ0) is 20.8. The molecule has 0 unspecified atom stereocenters. The lowest BCUT2D eigenvalue weighted by Gasteiger charge is -2.13. The van der Waals surface area contributed by atoms with Gasteiger partial charge in [0.2, 0.25) is 5.43 Å². The van der Waals surface area contributed by atoms with Crippen molar-refractivity contribution in [3.05, 3.63) is 80.6 Å². The smallest absolute Gasteiger partial charge is 0.341 e. The van der Waals surface area contributed by atoms with Gasteiger partial charge in [-0.1, -0.05) is 37.3 Å². The second-order valence-electron chi connectivity index (χ2n) is 6.45. The van der Waals surface area contributed by atoms with Gasteiger partial charge in [0.15, 0.2) is 11.3 Å². The van der Waals surface area contributed by atoms with Crippen molar-refractivity contribution in [2.45, 2.75) is 26.5 Å². The maximum absolute atomic E-state index is 13.0. The van der Waals surface area contributed by atoms with Crippen LogP contribution in [0.5, 0.6) is 5.75 Å². The van der Waals surface area contributed by atoms with Crippen LogP contribution in [0.2, 0.25) is 0 Å². The minimum Gasteiger partial charge on any atom is -0.483 e. The Morgan fingerprint density at radius 3 is 2.55 bits per heavy atom. The maximum Gasteiger partial charge on any atom is 0.341 e. The van der Waals surface area contributed by atoms with E-state index in [2.05, 4.69) is 0 Å². The summed E-state index contributed by atoms with van der Waals surface area (Å²) < 4.78 is 13.8. The first-order chi connectivity index (χ1) is 14.0. The van der Waals surface area contributed by atoms with Gasteiger partial charge < -0.3 is 23.5 Å². The Labute approximate surface area is 166 Å². The molecule has 0 saturated carbocycles. The summed E-state index contributed by atoms with van der Waals surface area (Å²) in [6, 6.07) is 9.10. The van der Waals surface area contributed by atoms with Gasteiger partial charge in [0.05, 0.1) is 6.61 Å². The Morgan fingerprint density at radius 1 is 1.10 bits per heavy atom. The predicted molar refractivity (Wildman–Crippen MR) is 107 cm³/mol. The molecule has 0 aliphatic rings. The predicted octanol–water partition coefficient (Wildman–Crippen LogP) is 2.17. The van der Waals surface area contributed by atoms with Gasteiger partial charge >= 0.3 is 5.97 Å². The Kier molecular flexibility index (Phi) is 6.46. The van der Waals surface area contributed by atoms with Crippen LogP contribution in [0.4, 0.5) is 0 Å². The molecule has 152 valence electrons. The van der Waals surface area contributed by atoms with Crippen LogP contribution in [0.1, 0.15) is 29.3 Å². The van der Waals surface area contributed by atoms with Gasteiger partial charge in [0, 0.05) is 31.7 Å². The summed E-state index contributed by atoms with van der Waals surface area (Å²) in [6.07, 6.45) is 5.06. The molecule has 0 amide bonds. The van der Waals surface area contributed by atoms with E-state index < -0.39 is 22.5 Å². The van der Waals surface area contributed by atoms with Crippen molar-refractivity contribution < 1.29 is 19.4 Å². The Bertz CT molecular complexity index is 1120. The van der Waals surface area contributed by atoms with E-state index in [1.54, 1.807) is 0 Å². The van der Waals surface area contributed by atoms with E-state index in [0.717, 1.165) is 18.2 Å². The number of hydrogen-bond donors (Lipinski definition) is 1. The summed E-state index contributed by atoms with van der Waals surface area (Å²) in [4.78, 5) is 37.2. The minimum absolute atomic E-state index is 0.00563. The van der Waals surface area contributed by atoms with Crippen molar-refractivity contribution in [2.75, 3.05) is 13.2 Å². The van der Waals surface area contributed by atoms with Crippen LogP contribution in [-0.4, -0.2) is 33.3 Å². The molecule has 0 fully saturated rings. The van der Waals surface area contributed by atoms with Gasteiger partial charge in [-0.25, -0.2) is 4.79 Å². The molecule has 0 saturated heterocycles. The van der Waals surface area contributed by atoms with Gasteiger partial charge in [0.1, 0.15) is 12.2 Å². The fourth-order valence-electron chi connectivity index (χ4n) is 2.89. The van der Waals surface area contributed by atoms with Gasteiger partial charge in [-0.05, 0) is 12.0 Å². The molecule has 1 N–H and O–H groups in total. The number of pyridine rings is 1. The summed E-state index contributed by atoms with van der Waals surface area (Å²) in [5, 5.41) is 9.36. The molecule has 0 aliphatic carbocycles. The summed E-state index contributed by atoms with van der Waals surface area (Å²) in [5.41, 5.74) is -0.965. The highest BCUT2D eigenvalue weighted by atomic mass is 16.5. The zero-order valence-electron chi connectivity index (χ0n) is 16.0. The highest BCUT2D eigenvalue weighted by Gasteiger charge is 2.20. The molecule has 8 nitrogen and oxygen atoms in total. The molecule has 8 heteroatoms. The fraction of sp³-hybridized carbons (Fsp3) is 0.286. The van der Waals surface area contributed by atoms with Crippen LogP contribution in [0.25, 0.3) is 5.52 Å². The summed E-state index contributed by atoms with van der Waals surface area (Å²) >= 11 is 0. The Hall–Kier alpha value is -3.39. The molecule has 0 atom stereocenters. The summed E-state index contributed by atoms with van der Waals surface area (Å²) in [5.74, 6) is -1.66. The molecule has 1 aromatic carbocycles. The van der Waals surface area contributed by atoms with Crippen molar-refractivity contribution >= 4 is 11.5 Å². The molecule has 29 heavy (non-hydrogen) atoms. The highest BCUT2D eigenvalue weighted by molar-refractivity contribution is 5.88. The summed E-state index contributed by atoms with van der Waals surface area (Å²) in [7, 11) is 0. The average Bonchev–Trinajstić information content (AvgIpc) is 2.72. The third kappa shape index (κ3) is 4.55. The van der Waals surface area contributed by atoms with Crippen molar-refractivity contribution in [2.24, 2.45) is 0 Å². The van der Waals surface area contributed by atoms with Gasteiger partial charge in [0.25, 0.3) is 5.56 Å². The first-order valence-corrected chi connectivity index (χ1v) is 9.29. The number of hydrogen-bond acceptors (Lipinski definition) is 5. The van der Waals surface area contributed by atoms with E-state index in [0.29, 0.717) is 19.8 Å². The van der Waals surface area contributed by atoms with Crippen LogP contribution in [0.3, 0.4) is 0 Å². The largest absolute Gasteiger partial charge is 0.483 e. The van der Waals surface area contributed by atoms with Crippen LogP contribution in [0, 0.1) is 0 Å². The number of carboxylic acids is 1. The number of aromatic nitrogens is 2. The van der Waals surface area contributed by atoms with Crippen molar-refractivity contribution in [1.29, 1.82) is 0 Å². The fourth-order valence-corrected chi connectivity index (χ4v) is 2.89. The molecule has 0 aliphatic heterocycles. The quantitative estimate of drug-likeness (QED) is 0.555. The molecule has 3 rings (SSSR count). The Morgan fingerprint density at radius 2 is 1.86 bits per heavy atom. The topological polar surface area (TPSA) is 99.2 Å². The van der Waals surface area contributed by atoms with E-state index in [4.69, 9.17) is 9.47 Å². The van der Waals surface area contributed by atoms with Crippen LogP contribution >= 0.6 is 0 Å². The van der Waals surface area contributed by atoms with Gasteiger partial charge in [-0.15, -0.1) is 0 Å². The van der Waals surface area contributed by atoms with E-state index in [-0.39, 0.29) is 17.9 Å². The van der Waals surface area contributed by atoms with Crippen molar-refractivity contribution in [3.8, 4) is 5.75 Å². The third-order valence-corrected chi connectivity index (χ3v) is 4.34. The first kappa shape index (κ1) is 20.3. The molecule has 2 heterocycles. The van der Waals surface area contributed by atoms with Gasteiger partial charge in [-0.3, -0.25) is 9.59 Å². The standard InChI is InChI=1S/C21H22N2O6/c1-2-11-28-12-10-22-8-9-23-13-16(21(26)27)18(24)19(17(23)20(22)25)29-14-15-6-4-3-5-7-15/h3-9,13H,2,10-12,14H2,1H3,(H,26,27). The maximum atomic E-state index is 13.0. The number of fused-ring (bicyclic) bond motifs is 1. The molecular weight excluding hydrogens is 376 g/mol. The second-order valence-corrected chi connectivity index (χ2v) is 6.45. The monoisotopic (exact) mass is 398 g/mol. The van der Waals surface area contributed by atoms with E-state index in [1.807, 2.05) is 37.3 Å². The normalized spacial score (nSPS) is 10.9. The van der Waals surface area contributed by atoms with E-state index in [1.165, 1.54) is 21.4 Å². The molecule has 2 aromatic heterocycles. The summed E-state index contributed by atoms with van der Waals surface area (Å²) in [6.45, 7) is 3.27. The number of carboxylic acid groups (broad SMARTS) is 1. The lowest BCUT2D eigenvalue weighted by molar-refractivity contribution is 0.0694. The van der Waals surface area contributed by atoms with Gasteiger partial charge in [-0.2, -0.15) is 0 Å². The lowest BCUT2D eigenvalue weighted by atomic mass is 10.2. The average molecular weight is 398 g/mol. The minimum atomic E-state index is -1.38. The highest BCUT2D eigenvalue weighted by Crippen LogP contribution is 2.15.